The molecule has 4 aliphatic rings. The summed E-state index contributed by atoms with van der Waals surface area (Å²) in [7, 11) is 0. The molecule has 10 nitrogen and oxygen atoms in total. The van der Waals surface area contributed by atoms with Gasteiger partial charge in [-0.2, -0.15) is 0 Å². The van der Waals surface area contributed by atoms with Crippen LogP contribution in [0.5, 0.6) is 0 Å². The zero-order valence-corrected chi connectivity index (χ0v) is 30.7. The molecule has 50 heavy (non-hydrogen) atoms. The standard InChI is InChI=1S/C40H58N4O6/c1-5-10-27(36(48)34(47)20-26-15-16-26)21-33(46)35-30-14-9-13-28(30)24-44(35)39(50)37(40(2,3)4)43-38(49)29(19-25-11-7-6-8-12-25)22-32(45)31-23-41-17-18-42-31/h17-18,23,25-30,35,37H,5-16,19-22,24H2,1-4H3,(H,43,49)/t27?,28?,29-,30?,35+,37-/m1/s1. The van der Waals surface area contributed by atoms with Gasteiger partial charge in [0.25, 0.3) is 0 Å². The summed E-state index contributed by atoms with van der Waals surface area (Å²) in [4.78, 5) is 92.3. The SMILES string of the molecule is CCCC(CC(=O)[C@@H]1C2CCCC2CN1C(=O)[C@@H](NC(=O)[C@@H](CC(=O)c1cnccn1)CC1CCCCC1)C(C)(C)C)C(=O)C(=O)CC1CC1. The summed E-state index contributed by atoms with van der Waals surface area (Å²) < 4.78 is 0. The molecule has 1 aromatic heterocycles. The highest BCUT2D eigenvalue weighted by atomic mass is 16.2. The van der Waals surface area contributed by atoms with Crippen LogP contribution in [0.15, 0.2) is 18.6 Å². The third-order valence-electron chi connectivity index (χ3n) is 11.8. The second-order valence-corrected chi connectivity index (χ2v) is 16.8. The van der Waals surface area contributed by atoms with Crippen LogP contribution in [0.2, 0.25) is 0 Å². The van der Waals surface area contributed by atoms with Gasteiger partial charge >= 0.3 is 0 Å². The molecule has 6 atom stereocenters. The van der Waals surface area contributed by atoms with Crippen molar-refractivity contribution in [1.29, 1.82) is 0 Å². The van der Waals surface area contributed by atoms with Gasteiger partial charge in [0.05, 0.1) is 12.2 Å². The monoisotopic (exact) mass is 690 g/mol. The van der Waals surface area contributed by atoms with Gasteiger partial charge in [-0.25, -0.2) is 4.98 Å². The van der Waals surface area contributed by atoms with E-state index in [9.17, 15) is 28.8 Å². The summed E-state index contributed by atoms with van der Waals surface area (Å²) in [6, 6.07) is -1.60. The minimum atomic E-state index is -0.919. The number of Topliss-reactive ketones (excluding diaryl/α,β-unsaturated/α-hetero) is 4. The maximum Gasteiger partial charge on any atom is 0.246 e. The van der Waals surface area contributed by atoms with Crippen molar-refractivity contribution in [2.75, 3.05) is 6.54 Å². The minimum absolute atomic E-state index is 0.00553. The van der Waals surface area contributed by atoms with E-state index in [1.807, 2.05) is 27.7 Å². The molecule has 0 spiro atoms. The zero-order valence-electron chi connectivity index (χ0n) is 30.7. The van der Waals surface area contributed by atoms with Gasteiger partial charge in [-0.3, -0.25) is 33.8 Å². The number of nitrogens with one attached hydrogen (secondary N) is 1. The molecule has 2 heterocycles. The Morgan fingerprint density at radius 3 is 2.26 bits per heavy atom. The fraction of sp³-hybridized carbons (Fsp3) is 0.750. The van der Waals surface area contributed by atoms with Crippen molar-refractivity contribution in [2.24, 2.45) is 40.9 Å². The first kappa shape index (κ1) is 37.9. The number of nitrogens with zero attached hydrogens (tertiary/aromatic N) is 3. The molecule has 0 aromatic carbocycles. The Bertz CT molecular complexity index is 1400. The number of hydrogen-bond donors (Lipinski definition) is 1. The van der Waals surface area contributed by atoms with Crippen LogP contribution in [0.1, 0.15) is 141 Å². The Hall–Kier alpha value is -3.30. The van der Waals surface area contributed by atoms with Crippen molar-refractivity contribution in [2.45, 2.75) is 143 Å². The molecule has 1 N–H and O–H groups in total. The van der Waals surface area contributed by atoms with E-state index in [0.29, 0.717) is 37.6 Å². The second kappa shape index (κ2) is 16.8. The second-order valence-electron chi connectivity index (χ2n) is 16.8. The molecule has 1 aliphatic heterocycles. The van der Waals surface area contributed by atoms with Crippen LogP contribution < -0.4 is 5.32 Å². The minimum Gasteiger partial charge on any atom is -0.344 e. The smallest absolute Gasteiger partial charge is 0.246 e. The molecule has 5 rings (SSSR count). The first-order chi connectivity index (χ1) is 23.9. The quantitative estimate of drug-likeness (QED) is 0.152. The first-order valence-electron chi connectivity index (χ1n) is 19.4. The van der Waals surface area contributed by atoms with Gasteiger partial charge < -0.3 is 10.2 Å². The van der Waals surface area contributed by atoms with E-state index in [1.54, 1.807) is 4.90 Å². The maximum atomic E-state index is 14.7. The Balaban J connectivity index is 1.35. The Labute approximate surface area is 297 Å². The van der Waals surface area contributed by atoms with Crippen molar-refractivity contribution < 1.29 is 28.8 Å². The van der Waals surface area contributed by atoms with Gasteiger partial charge in [0.1, 0.15) is 11.7 Å². The number of carbonyl (C=O) groups is 6. The lowest BCUT2D eigenvalue weighted by molar-refractivity contribution is -0.146. The molecule has 3 aliphatic carbocycles. The van der Waals surface area contributed by atoms with E-state index in [1.165, 1.54) is 25.0 Å². The molecule has 4 fully saturated rings. The molecule has 2 amide bonds. The van der Waals surface area contributed by atoms with Gasteiger partial charge in [-0.1, -0.05) is 72.6 Å². The number of rotatable bonds is 17. The number of likely N-dealkylation sites (tertiary alicyclic amines) is 1. The number of aromatic nitrogens is 2. The van der Waals surface area contributed by atoms with Crippen LogP contribution in [0.4, 0.5) is 0 Å². The highest BCUT2D eigenvalue weighted by Crippen LogP contribution is 2.44. The molecule has 10 heteroatoms. The molecule has 0 bridgehead atoms. The van der Waals surface area contributed by atoms with Crippen LogP contribution in [-0.2, 0) is 24.0 Å². The van der Waals surface area contributed by atoms with Gasteiger partial charge in [0, 0.05) is 50.0 Å². The summed E-state index contributed by atoms with van der Waals surface area (Å²) in [6.45, 7) is 8.11. The number of carbonyl (C=O) groups excluding carboxylic acids is 6. The highest BCUT2D eigenvalue weighted by molar-refractivity contribution is 6.38. The molecule has 3 unspecified atom stereocenters. The highest BCUT2D eigenvalue weighted by Gasteiger charge is 2.52. The first-order valence-corrected chi connectivity index (χ1v) is 19.4. The Kier molecular flexibility index (Phi) is 12.8. The predicted molar refractivity (Wildman–Crippen MR) is 189 cm³/mol. The lowest BCUT2D eigenvalue weighted by atomic mass is 9.80. The molecule has 0 radical (unpaired) electrons. The number of hydrogen-bond acceptors (Lipinski definition) is 8. The average molecular weight is 691 g/mol. The van der Waals surface area contributed by atoms with Crippen molar-refractivity contribution in [1.82, 2.24) is 20.2 Å². The van der Waals surface area contributed by atoms with E-state index >= 15 is 0 Å². The van der Waals surface area contributed by atoms with Gasteiger partial charge in [-0.05, 0) is 67.6 Å². The summed E-state index contributed by atoms with van der Waals surface area (Å²) in [6.07, 6.45) is 16.4. The lowest BCUT2D eigenvalue weighted by Gasteiger charge is -2.37. The normalized spacial score (nSPS) is 24.2. The zero-order chi connectivity index (χ0) is 36.0. The van der Waals surface area contributed by atoms with Gasteiger partial charge in [-0.15, -0.1) is 0 Å². The summed E-state index contributed by atoms with van der Waals surface area (Å²) in [5, 5.41) is 3.10. The topological polar surface area (TPSA) is 143 Å². The average Bonchev–Trinajstić information content (AvgIpc) is 3.66. The largest absolute Gasteiger partial charge is 0.344 e. The summed E-state index contributed by atoms with van der Waals surface area (Å²) in [5.74, 6) is -2.31. The number of ketones is 4. The molecule has 1 aromatic rings. The van der Waals surface area contributed by atoms with Crippen molar-refractivity contribution in [3.8, 4) is 0 Å². The van der Waals surface area contributed by atoms with E-state index in [-0.39, 0.29) is 66.0 Å². The van der Waals surface area contributed by atoms with Crippen LogP contribution >= 0.6 is 0 Å². The van der Waals surface area contributed by atoms with E-state index < -0.39 is 35.1 Å². The van der Waals surface area contributed by atoms with E-state index in [0.717, 1.165) is 57.8 Å². The molecular formula is C40H58N4O6. The molecule has 274 valence electrons. The molecular weight excluding hydrogens is 632 g/mol. The Morgan fingerprint density at radius 1 is 0.880 bits per heavy atom. The lowest BCUT2D eigenvalue weighted by Crippen LogP contribution is -2.58. The van der Waals surface area contributed by atoms with Crippen LogP contribution in [0.25, 0.3) is 0 Å². The van der Waals surface area contributed by atoms with Crippen LogP contribution in [0.3, 0.4) is 0 Å². The fourth-order valence-electron chi connectivity index (χ4n) is 8.85. The third-order valence-corrected chi connectivity index (χ3v) is 11.8. The van der Waals surface area contributed by atoms with Crippen molar-refractivity contribution >= 4 is 34.9 Å². The third kappa shape index (κ3) is 9.52. The predicted octanol–water partition coefficient (Wildman–Crippen LogP) is 6.11. The summed E-state index contributed by atoms with van der Waals surface area (Å²) >= 11 is 0. The molecule has 1 saturated heterocycles. The number of amides is 2. The summed E-state index contributed by atoms with van der Waals surface area (Å²) in [5.41, 5.74) is -0.463. The van der Waals surface area contributed by atoms with Crippen LogP contribution in [-0.4, -0.2) is 68.4 Å². The molecule has 3 saturated carbocycles. The van der Waals surface area contributed by atoms with Gasteiger partial charge in [0.2, 0.25) is 17.6 Å². The van der Waals surface area contributed by atoms with E-state index in [4.69, 9.17) is 0 Å². The van der Waals surface area contributed by atoms with Crippen molar-refractivity contribution in [3.05, 3.63) is 24.3 Å². The Morgan fingerprint density at radius 2 is 1.62 bits per heavy atom. The maximum absolute atomic E-state index is 14.7. The fourth-order valence-corrected chi connectivity index (χ4v) is 8.85. The van der Waals surface area contributed by atoms with Gasteiger partial charge in [0.15, 0.2) is 17.3 Å². The van der Waals surface area contributed by atoms with Crippen molar-refractivity contribution in [3.63, 3.8) is 0 Å². The number of fused-ring (bicyclic) bond motifs is 1. The van der Waals surface area contributed by atoms with E-state index in [2.05, 4.69) is 15.3 Å². The van der Waals surface area contributed by atoms with Crippen LogP contribution in [0, 0.1) is 40.9 Å².